The smallest absolute Gasteiger partial charge is 0.159 e. The van der Waals surface area contributed by atoms with E-state index < -0.39 is 0 Å². The fourth-order valence-corrected chi connectivity index (χ4v) is 21.8. The summed E-state index contributed by atoms with van der Waals surface area (Å²) in [5.74, 6) is 0. The Morgan fingerprint density at radius 1 is 0.164 bits per heavy atom. The molecule has 0 aliphatic carbocycles. The molecule has 0 amide bonds. The van der Waals surface area contributed by atoms with Crippen molar-refractivity contribution in [1.29, 1.82) is 0 Å². The summed E-state index contributed by atoms with van der Waals surface area (Å²) in [6.45, 7) is 4.32. The predicted octanol–water partition coefficient (Wildman–Crippen LogP) is 34.7. The lowest BCUT2D eigenvalue weighted by Gasteiger charge is -2.28. The molecule has 0 fully saturated rings. The number of nitrogens with zero attached hydrogens (tertiary/aromatic N) is 8. The Bertz CT molecular complexity index is 8880. The molecule has 10 nitrogen and oxygen atoms in total. The fraction of sp³-hybridized carbons (Fsp3) is 0.0161. The molecule has 27 rings (SSSR count). The zero-order valence-electron chi connectivity index (χ0n) is 73.3. The van der Waals surface area contributed by atoms with Gasteiger partial charge in [-0.05, 0) is 265 Å². The Kier molecular flexibility index (Phi) is 17.3. The quantitative estimate of drug-likeness (QED) is 0.0961. The van der Waals surface area contributed by atoms with E-state index in [1.807, 2.05) is 12.1 Å². The van der Waals surface area contributed by atoms with E-state index in [4.69, 9.17) is 8.83 Å². The Morgan fingerprint density at radius 3 is 0.716 bits per heavy atom. The van der Waals surface area contributed by atoms with Crippen LogP contribution in [-0.2, 0) is 0 Å². The van der Waals surface area contributed by atoms with E-state index in [9.17, 15) is 0 Å². The van der Waals surface area contributed by atoms with Gasteiger partial charge in [-0.1, -0.05) is 243 Å². The minimum atomic E-state index is 0.843. The second-order valence-corrected chi connectivity index (χ2v) is 35.2. The van der Waals surface area contributed by atoms with E-state index in [1.54, 1.807) is 0 Å². The van der Waals surface area contributed by atoms with Gasteiger partial charge in [0.05, 0.1) is 55.5 Å². The lowest BCUT2D eigenvalue weighted by molar-refractivity contribution is 0.668. The number of aromatic nitrogens is 4. The number of hydrogen-bond donors (Lipinski definition) is 0. The number of aryl methyl sites for hydroxylation is 2. The molecule has 0 aliphatic rings. The van der Waals surface area contributed by atoms with Crippen molar-refractivity contribution >= 4 is 221 Å². The first-order chi connectivity index (χ1) is 66.3. The summed E-state index contributed by atoms with van der Waals surface area (Å²) >= 11 is 0. The van der Waals surface area contributed by atoms with E-state index in [0.717, 1.165) is 201 Å². The van der Waals surface area contributed by atoms with E-state index in [-0.39, 0.29) is 0 Å². The zero-order chi connectivity index (χ0) is 88.3. The molecule has 0 N–H and O–H groups in total. The van der Waals surface area contributed by atoms with Crippen LogP contribution in [0.3, 0.4) is 0 Å². The highest BCUT2D eigenvalue weighted by Gasteiger charge is 2.30. The van der Waals surface area contributed by atoms with Crippen molar-refractivity contribution in [1.82, 2.24) is 18.3 Å². The van der Waals surface area contributed by atoms with Gasteiger partial charge in [0, 0.05) is 144 Å². The Hall–Kier alpha value is -17.9. The molecule has 21 aromatic carbocycles. The first kappa shape index (κ1) is 76.2. The van der Waals surface area contributed by atoms with Gasteiger partial charge < -0.3 is 46.7 Å². The monoisotopic (exact) mass is 1710 g/mol. The standard InChI is InChI=1S/C124H82N8O2/c1-79-29-25-43-89(73-79)127(111-49-27-47-101-95-45-21-23-51-117(95)133-123(101)111)93-59-63-105-115(77-93)131(85-39-17-7-18-40-85)109-71-67-97-99(121(105)109)65-69-107-119(97)103-61-57-91(75-113(103)129(107)83-35-13-5-14-36-83)125(81-31-9-3-10-32-81)87-53-55-88(56-54-87)126(82-33-11-4-12-34-82)92-58-62-104-114(76-92)130(84-37-15-6-16-38-84)108-70-66-100-98(120(104)108)68-72-110-122(100)106-64-60-94(78-116(106)132(110)86-41-19-8-20-42-86)128(90-44-26-30-80(2)74-90)112-50-28-48-102-96-46-22-24-52-118(96)134-124(102)112/h3-78H,1-2H3. The number of para-hydroxylation sites is 10. The second-order valence-electron chi connectivity index (χ2n) is 35.2. The summed E-state index contributed by atoms with van der Waals surface area (Å²) in [6, 6.07) is 169. The maximum absolute atomic E-state index is 6.83. The van der Waals surface area contributed by atoms with Crippen LogP contribution in [0.15, 0.2) is 470 Å². The molecule has 0 radical (unpaired) electrons. The van der Waals surface area contributed by atoms with Gasteiger partial charge in [0.15, 0.2) is 11.2 Å². The summed E-state index contributed by atoms with van der Waals surface area (Å²) in [6.07, 6.45) is 0. The summed E-state index contributed by atoms with van der Waals surface area (Å²) in [7, 11) is 0. The third kappa shape index (κ3) is 11.9. The molecule has 0 aliphatic heterocycles. The van der Waals surface area contributed by atoms with Crippen LogP contribution < -0.4 is 19.6 Å². The number of rotatable bonds is 16. The maximum Gasteiger partial charge on any atom is 0.159 e. The van der Waals surface area contributed by atoms with Crippen molar-refractivity contribution in [2.24, 2.45) is 0 Å². The SMILES string of the molecule is Cc1cccc(N(c2ccc3c4c5ccc6c(c5ccc4n(-c4ccccc4)c3c2)c2ccc(N(c3ccccc3)c3ccc(N(c4ccccc4)c4ccc5c7c8ccc9c(c8ccc7n(-c7ccccc7)c5c4)c4ccc(N(c5cccc(C)c5)c5cccc7c5oc5ccccc57)cc4n9-c4ccccc4)cc3)cc2n6-c2ccccc2)c2cccc3c2oc2ccccc23)c1. The van der Waals surface area contributed by atoms with Crippen molar-refractivity contribution in [3.05, 3.63) is 472 Å². The molecular formula is C124H82N8O2. The largest absolute Gasteiger partial charge is 0.454 e. The molecule has 0 unspecified atom stereocenters. The highest BCUT2D eigenvalue weighted by atomic mass is 16.3. The number of fused-ring (bicyclic) bond motifs is 24. The molecule has 6 heterocycles. The van der Waals surface area contributed by atoms with Crippen LogP contribution in [-0.4, -0.2) is 18.3 Å². The van der Waals surface area contributed by atoms with E-state index in [1.165, 1.54) is 54.2 Å². The topological polar surface area (TPSA) is 59.0 Å². The first-order valence-electron chi connectivity index (χ1n) is 45.8. The van der Waals surface area contributed by atoms with Gasteiger partial charge in [-0.2, -0.15) is 0 Å². The van der Waals surface area contributed by atoms with E-state index >= 15 is 0 Å². The van der Waals surface area contributed by atoms with Crippen LogP contribution in [0.4, 0.5) is 68.2 Å². The molecule has 6 aromatic heterocycles. The van der Waals surface area contributed by atoms with Crippen LogP contribution in [0, 0.1) is 13.8 Å². The Morgan fingerprint density at radius 2 is 0.403 bits per heavy atom. The Balaban J connectivity index is 0.592. The number of anilines is 12. The average molecular weight is 1720 g/mol. The van der Waals surface area contributed by atoms with Gasteiger partial charge in [-0.3, -0.25) is 0 Å². The molecule has 0 bridgehead atoms. The fourth-order valence-electron chi connectivity index (χ4n) is 21.8. The predicted molar refractivity (Wildman–Crippen MR) is 562 cm³/mol. The first-order valence-corrected chi connectivity index (χ1v) is 45.8. The van der Waals surface area contributed by atoms with Crippen LogP contribution in [0.5, 0.6) is 0 Å². The molecule has 0 atom stereocenters. The molecule has 27 aromatic rings. The van der Waals surface area contributed by atoms with E-state index in [0.29, 0.717) is 0 Å². The lowest BCUT2D eigenvalue weighted by Crippen LogP contribution is -2.12. The average Bonchev–Trinajstić information content (AvgIpc) is 1.55. The summed E-state index contributed by atoms with van der Waals surface area (Å²) in [4.78, 5) is 9.54. The Labute approximate surface area is 771 Å². The third-order valence-electron chi connectivity index (χ3n) is 27.5. The molecule has 630 valence electrons. The molecule has 134 heavy (non-hydrogen) atoms. The lowest BCUT2D eigenvalue weighted by atomic mass is 9.99. The number of benzene rings is 21. The second kappa shape index (κ2) is 30.4. The van der Waals surface area contributed by atoms with Crippen molar-refractivity contribution in [3.8, 4) is 22.7 Å². The van der Waals surface area contributed by atoms with E-state index in [2.05, 4.69) is 501 Å². The third-order valence-corrected chi connectivity index (χ3v) is 27.5. The highest BCUT2D eigenvalue weighted by molar-refractivity contribution is 6.32. The van der Waals surface area contributed by atoms with Gasteiger partial charge in [0.25, 0.3) is 0 Å². The van der Waals surface area contributed by atoms with Crippen molar-refractivity contribution in [2.45, 2.75) is 13.8 Å². The molecule has 0 spiro atoms. The zero-order valence-corrected chi connectivity index (χ0v) is 73.3. The normalized spacial score (nSPS) is 12.0. The molecule has 0 saturated carbocycles. The van der Waals surface area contributed by atoms with Gasteiger partial charge in [0.1, 0.15) is 11.2 Å². The number of hydrogen-bond acceptors (Lipinski definition) is 6. The van der Waals surface area contributed by atoms with Crippen molar-refractivity contribution in [3.63, 3.8) is 0 Å². The van der Waals surface area contributed by atoms with Gasteiger partial charge in [0.2, 0.25) is 0 Å². The van der Waals surface area contributed by atoms with Crippen LogP contribution in [0.25, 0.3) is 175 Å². The van der Waals surface area contributed by atoms with Gasteiger partial charge >= 0.3 is 0 Å². The van der Waals surface area contributed by atoms with Crippen molar-refractivity contribution < 1.29 is 8.83 Å². The van der Waals surface area contributed by atoms with Crippen LogP contribution in [0.1, 0.15) is 11.1 Å². The minimum Gasteiger partial charge on any atom is -0.454 e. The number of furan rings is 2. The van der Waals surface area contributed by atoms with Gasteiger partial charge in [-0.25, -0.2) is 0 Å². The van der Waals surface area contributed by atoms with Crippen LogP contribution in [0.2, 0.25) is 0 Å². The highest BCUT2D eigenvalue weighted by Crippen LogP contribution is 2.53. The minimum absolute atomic E-state index is 0.843. The molecule has 10 heteroatoms. The summed E-state index contributed by atoms with van der Waals surface area (Å²) < 4.78 is 23.5. The summed E-state index contributed by atoms with van der Waals surface area (Å²) in [5, 5.41) is 18.5. The summed E-state index contributed by atoms with van der Waals surface area (Å²) in [5.41, 5.74) is 31.2. The van der Waals surface area contributed by atoms with Crippen molar-refractivity contribution in [2.75, 3.05) is 19.6 Å². The molecular weight excluding hydrogens is 1630 g/mol. The molecule has 0 saturated heterocycles. The van der Waals surface area contributed by atoms with Gasteiger partial charge in [-0.15, -0.1) is 0 Å². The van der Waals surface area contributed by atoms with Crippen LogP contribution >= 0.6 is 0 Å². The maximum atomic E-state index is 6.83.